The number of aliphatic imine (C=N–C) groups is 1. The molecule has 2 rings (SSSR count). The van der Waals surface area contributed by atoms with Crippen molar-refractivity contribution in [1.29, 1.82) is 5.26 Å². The Bertz CT molecular complexity index is 1380. The second-order valence-electron chi connectivity index (χ2n) is 11.9. The van der Waals surface area contributed by atoms with Crippen LogP contribution in [0, 0.1) is 23.1 Å². The van der Waals surface area contributed by atoms with Crippen molar-refractivity contribution in [2.24, 2.45) is 10.9 Å². The summed E-state index contributed by atoms with van der Waals surface area (Å²) in [6, 6.07) is 9.21. The average Bonchev–Trinajstić information content (AvgIpc) is 3.03. The summed E-state index contributed by atoms with van der Waals surface area (Å²) in [4.78, 5) is 21.5. The maximum atomic E-state index is 14.8. The molecule has 1 heterocycles. The fraction of sp³-hybridized carbons (Fsp3) is 0.475. The highest BCUT2D eigenvalue weighted by atomic mass is 19.1. The van der Waals surface area contributed by atoms with Gasteiger partial charge in [0.05, 0.1) is 11.6 Å². The van der Waals surface area contributed by atoms with Crippen LogP contribution in [0.1, 0.15) is 100 Å². The van der Waals surface area contributed by atoms with E-state index in [0.717, 1.165) is 60.4 Å². The van der Waals surface area contributed by atoms with Crippen LogP contribution in [0.5, 0.6) is 0 Å². The molecule has 1 aromatic carbocycles. The van der Waals surface area contributed by atoms with Crippen molar-refractivity contribution < 1.29 is 9.18 Å². The summed E-state index contributed by atoms with van der Waals surface area (Å²) in [6.45, 7) is 22.5. The van der Waals surface area contributed by atoms with E-state index in [4.69, 9.17) is 5.26 Å². The molecule has 1 aliphatic heterocycles. The van der Waals surface area contributed by atoms with Crippen LogP contribution >= 0.6 is 0 Å². The van der Waals surface area contributed by atoms with Gasteiger partial charge in [0.2, 0.25) is 5.91 Å². The van der Waals surface area contributed by atoms with Crippen molar-refractivity contribution in [2.75, 3.05) is 19.6 Å². The number of carbonyl (C=O) groups excluding carboxylic acids is 1. The van der Waals surface area contributed by atoms with Crippen molar-refractivity contribution in [2.45, 2.75) is 101 Å². The highest BCUT2D eigenvalue weighted by Crippen LogP contribution is 2.32. The zero-order valence-corrected chi connectivity index (χ0v) is 30.0. The molecule has 0 saturated carbocycles. The van der Waals surface area contributed by atoms with Crippen LogP contribution in [0.15, 0.2) is 94.3 Å². The Morgan fingerprint density at radius 3 is 2.33 bits per heavy atom. The van der Waals surface area contributed by atoms with Gasteiger partial charge in [0.15, 0.2) is 0 Å². The normalized spacial score (nSPS) is 17.3. The summed E-state index contributed by atoms with van der Waals surface area (Å²) >= 11 is 0. The molecular weight excluding hydrogens is 571 g/mol. The van der Waals surface area contributed by atoms with Crippen LogP contribution in [0.3, 0.4) is 0 Å². The minimum absolute atomic E-state index is 0.00337. The number of nitriles is 1. The molecule has 1 aliphatic rings. The number of nitrogens with zero attached hydrogens (tertiary/aromatic N) is 4. The fourth-order valence-corrected chi connectivity index (χ4v) is 5.42. The van der Waals surface area contributed by atoms with E-state index in [1.54, 1.807) is 6.07 Å². The first kappa shape index (κ1) is 40.0. The molecule has 1 aromatic rings. The van der Waals surface area contributed by atoms with E-state index in [1.165, 1.54) is 11.6 Å². The Hall–Kier alpha value is -3.98. The van der Waals surface area contributed by atoms with Crippen molar-refractivity contribution in [3.8, 4) is 6.07 Å². The van der Waals surface area contributed by atoms with Crippen LogP contribution in [-0.4, -0.2) is 47.1 Å². The summed E-state index contributed by atoms with van der Waals surface area (Å²) in [7, 11) is 0. The van der Waals surface area contributed by atoms with Gasteiger partial charge in [-0.15, -0.1) is 0 Å². The number of allylic oxidation sites excluding steroid dienone is 11. The standard InChI is InChI=1S/C27H38FN3O.C13H19N/c1-8-10-15-29-21(6)26(23(9-2)24-13-11-12-14-25(24)28)22(7)31-17-16-30(18-20(31)5)27(32)19(3)4;1-4-6-7-9-13(11-14)10-12(3)8-5-2/h9-15,19-20H,8,16-18H2,1-7H3;6-7,9-10H,4-5,8H2,1-3H3/b15-10+,23-9-,26-22-,29-21+;7-6+,12-10+,13-9+. The Morgan fingerprint density at radius 1 is 1.11 bits per heavy atom. The summed E-state index contributed by atoms with van der Waals surface area (Å²) in [5.41, 5.74) is 6.24. The lowest BCUT2D eigenvalue weighted by Gasteiger charge is -2.43. The third-order valence-corrected chi connectivity index (χ3v) is 7.74. The van der Waals surface area contributed by atoms with Crippen molar-refractivity contribution in [3.63, 3.8) is 0 Å². The number of hydrogen-bond donors (Lipinski definition) is 0. The lowest BCUT2D eigenvalue weighted by molar-refractivity contribution is -0.136. The van der Waals surface area contributed by atoms with Crippen molar-refractivity contribution >= 4 is 17.2 Å². The number of halogens is 1. The molecule has 1 fully saturated rings. The summed E-state index contributed by atoms with van der Waals surface area (Å²) in [5, 5.41) is 8.85. The van der Waals surface area contributed by atoms with Crippen LogP contribution in [0.2, 0.25) is 0 Å². The average molecular weight is 629 g/mol. The zero-order chi connectivity index (χ0) is 34.6. The molecule has 0 N–H and O–H groups in total. The molecular formula is C40H57FN4O. The summed E-state index contributed by atoms with van der Waals surface area (Å²) in [5.74, 6) is -0.0548. The SMILES string of the molecule is CC/C=C/C=C(C#N)\C=C(/C)CCC.C\C=C(C(/C(C)=N/C=C/CC)=C(/C)N1CCN(C(=O)C(C)C)CC1C)\c1ccccc1F. The zero-order valence-electron chi connectivity index (χ0n) is 30.0. The Morgan fingerprint density at radius 2 is 1.78 bits per heavy atom. The molecule has 1 saturated heterocycles. The maximum Gasteiger partial charge on any atom is 0.225 e. The van der Waals surface area contributed by atoms with Gasteiger partial charge in [-0.2, -0.15) is 5.26 Å². The van der Waals surface area contributed by atoms with Crippen molar-refractivity contribution in [3.05, 3.63) is 101 Å². The van der Waals surface area contributed by atoms with Gasteiger partial charge in [-0.25, -0.2) is 4.39 Å². The summed E-state index contributed by atoms with van der Waals surface area (Å²) in [6.07, 6.45) is 17.7. The number of piperazine rings is 1. The Labute approximate surface area is 279 Å². The predicted molar refractivity (Wildman–Crippen MR) is 195 cm³/mol. The third kappa shape index (κ3) is 12.8. The van der Waals surface area contributed by atoms with Gasteiger partial charge >= 0.3 is 0 Å². The van der Waals surface area contributed by atoms with Gasteiger partial charge in [-0.1, -0.05) is 89.1 Å². The second kappa shape index (κ2) is 21.7. The van der Waals surface area contributed by atoms with Crippen LogP contribution < -0.4 is 0 Å². The molecule has 1 atom stereocenters. The van der Waals surface area contributed by atoms with E-state index < -0.39 is 0 Å². The van der Waals surface area contributed by atoms with Gasteiger partial charge in [0.25, 0.3) is 0 Å². The highest BCUT2D eigenvalue weighted by molar-refractivity contribution is 6.12. The van der Waals surface area contributed by atoms with E-state index in [9.17, 15) is 9.18 Å². The van der Waals surface area contributed by atoms with E-state index in [0.29, 0.717) is 18.7 Å². The van der Waals surface area contributed by atoms with Gasteiger partial charge in [0.1, 0.15) is 5.82 Å². The maximum absolute atomic E-state index is 14.8. The third-order valence-electron chi connectivity index (χ3n) is 7.74. The van der Waals surface area contributed by atoms with E-state index in [1.807, 2.05) is 87.4 Å². The molecule has 0 aromatic heterocycles. The first-order chi connectivity index (χ1) is 22.0. The molecule has 6 heteroatoms. The largest absolute Gasteiger partial charge is 0.368 e. The molecule has 0 spiro atoms. The number of rotatable bonds is 12. The predicted octanol–water partition coefficient (Wildman–Crippen LogP) is 10.2. The minimum atomic E-state index is -0.247. The quantitative estimate of drug-likeness (QED) is 0.131. The molecule has 1 amide bonds. The molecule has 0 bridgehead atoms. The van der Waals surface area contributed by atoms with Crippen LogP contribution in [0.4, 0.5) is 4.39 Å². The van der Waals surface area contributed by atoms with Crippen LogP contribution in [0.25, 0.3) is 5.57 Å². The van der Waals surface area contributed by atoms with Crippen LogP contribution in [-0.2, 0) is 4.79 Å². The molecule has 5 nitrogen and oxygen atoms in total. The summed E-state index contributed by atoms with van der Waals surface area (Å²) < 4.78 is 14.8. The molecule has 0 aliphatic carbocycles. The number of amides is 1. The first-order valence-electron chi connectivity index (χ1n) is 16.8. The van der Waals surface area contributed by atoms with E-state index in [-0.39, 0.29) is 23.7 Å². The Balaban J connectivity index is 0.000000636. The monoisotopic (exact) mass is 628 g/mol. The highest BCUT2D eigenvalue weighted by Gasteiger charge is 2.30. The van der Waals surface area contributed by atoms with Gasteiger partial charge in [-0.3, -0.25) is 9.79 Å². The van der Waals surface area contributed by atoms with E-state index >= 15 is 0 Å². The smallest absolute Gasteiger partial charge is 0.225 e. The molecule has 0 radical (unpaired) electrons. The fourth-order valence-electron chi connectivity index (χ4n) is 5.42. The Kier molecular flexibility index (Phi) is 18.9. The molecule has 250 valence electrons. The topological polar surface area (TPSA) is 59.7 Å². The van der Waals surface area contributed by atoms with Crippen molar-refractivity contribution in [1.82, 2.24) is 9.80 Å². The lowest BCUT2D eigenvalue weighted by Crippen LogP contribution is -2.53. The number of hydrogen-bond acceptors (Lipinski definition) is 4. The number of carbonyl (C=O) groups is 1. The number of benzene rings is 1. The van der Waals surface area contributed by atoms with Gasteiger partial charge < -0.3 is 9.80 Å². The van der Waals surface area contributed by atoms with Gasteiger partial charge in [0, 0.05) is 60.3 Å². The first-order valence-corrected chi connectivity index (χ1v) is 16.8. The van der Waals surface area contributed by atoms with Gasteiger partial charge in [-0.05, 0) is 77.7 Å². The molecule has 1 unspecified atom stereocenters. The second-order valence-corrected chi connectivity index (χ2v) is 11.9. The minimum Gasteiger partial charge on any atom is -0.368 e. The van der Waals surface area contributed by atoms with E-state index in [2.05, 4.69) is 57.5 Å². The lowest BCUT2D eigenvalue weighted by atomic mass is 9.91. The molecule has 46 heavy (non-hydrogen) atoms.